The first-order valence-corrected chi connectivity index (χ1v) is 5.00. The maximum Gasteiger partial charge on any atom is 0.185 e. The van der Waals surface area contributed by atoms with Crippen LogP contribution in [0.4, 0.5) is 5.13 Å². The Balaban J connectivity index is 2.11. The number of thiazole rings is 1. The van der Waals surface area contributed by atoms with Crippen LogP contribution in [0.15, 0.2) is 6.20 Å². The van der Waals surface area contributed by atoms with Crippen LogP contribution < -0.4 is 10.6 Å². The number of anilines is 1. The van der Waals surface area contributed by atoms with Crippen molar-refractivity contribution in [2.75, 3.05) is 18.0 Å². The van der Waals surface area contributed by atoms with Crippen molar-refractivity contribution in [3.8, 4) is 0 Å². The lowest BCUT2D eigenvalue weighted by molar-refractivity contribution is 0.752. The van der Waals surface area contributed by atoms with Crippen LogP contribution in [0.5, 0.6) is 0 Å². The van der Waals surface area contributed by atoms with Crippen LogP contribution in [0.25, 0.3) is 0 Å². The molecule has 0 aliphatic carbocycles. The van der Waals surface area contributed by atoms with E-state index in [1.165, 1.54) is 4.88 Å². The van der Waals surface area contributed by atoms with E-state index in [0.717, 1.165) is 24.6 Å². The first-order valence-electron chi connectivity index (χ1n) is 4.18. The van der Waals surface area contributed by atoms with Gasteiger partial charge in [-0.25, -0.2) is 4.98 Å². The lowest BCUT2D eigenvalue weighted by Gasteiger charge is -2.12. The maximum atomic E-state index is 5.80. The number of hydrogen-bond donors (Lipinski definition) is 1. The Morgan fingerprint density at radius 2 is 2.58 bits per heavy atom. The summed E-state index contributed by atoms with van der Waals surface area (Å²) in [4.78, 5) is 7.86. The van der Waals surface area contributed by atoms with Gasteiger partial charge in [-0.2, -0.15) is 0 Å². The van der Waals surface area contributed by atoms with Gasteiger partial charge in [0.05, 0.1) is 0 Å². The van der Waals surface area contributed by atoms with Crippen LogP contribution in [-0.2, 0) is 0 Å². The molecule has 1 aliphatic rings. The molecule has 0 radical (unpaired) electrons. The zero-order chi connectivity index (χ0) is 8.55. The molecule has 3 nitrogen and oxygen atoms in total. The highest BCUT2D eigenvalue weighted by Gasteiger charge is 2.20. The van der Waals surface area contributed by atoms with Crippen molar-refractivity contribution >= 4 is 16.5 Å². The summed E-state index contributed by atoms with van der Waals surface area (Å²) >= 11 is 1.75. The monoisotopic (exact) mass is 183 g/mol. The predicted octanol–water partition coefficient (Wildman–Crippen LogP) is 0.989. The van der Waals surface area contributed by atoms with Gasteiger partial charge in [0.25, 0.3) is 0 Å². The van der Waals surface area contributed by atoms with E-state index < -0.39 is 0 Å². The molecule has 0 spiro atoms. The van der Waals surface area contributed by atoms with E-state index in [-0.39, 0.29) is 0 Å². The minimum Gasteiger partial charge on any atom is -0.346 e. The summed E-state index contributed by atoms with van der Waals surface area (Å²) in [5.41, 5.74) is 5.80. The van der Waals surface area contributed by atoms with Crippen molar-refractivity contribution in [1.29, 1.82) is 0 Å². The second-order valence-corrected chi connectivity index (χ2v) is 4.46. The highest BCUT2D eigenvalue weighted by molar-refractivity contribution is 7.15. The molecule has 2 N–H and O–H groups in total. The molecule has 1 atom stereocenters. The molecule has 66 valence electrons. The Hall–Kier alpha value is -0.610. The fourth-order valence-corrected chi connectivity index (χ4v) is 2.24. The normalized spacial score (nSPS) is 23.5. The minimum atomic E-state index is 0.342. The van der Waals surface area contributed by atoms with Gasteiger partial charge in [-0.1, -0.05) is 0 Å². The molecule has 1 fully saturated rings. The van der Waals surface area contributed by atoms with E-state index in [0.29, 0.717) is 6.04 Å². The number of hydrogen-bond acceptors (Lipinski definition) is 4. The average Bonchev–Trinajstić information content (AvgIpc) is 2.58. The summed E-state index contributed by atoms with van der Waals surface area (Å²) in [6, 6.07) is 0.342. The number of aryl methyl sites for hydroxylation is 1. The summed E-state index contributed by atoms with van der Waals surface area (Å²) in [6.07, 6.45) is 3.02. The van der Waals surface area contributed by atoms with Crippen LogP contribution in [0.3, 0.4) is 0 Å². The molecule has 4 heteroatoms. The summed E-state index contributed by atoms with van der Waals surface area (Å²) in [5.74, 6) is 0. The van der Waals surface area contributed by atoms with E-state index in [1.54, 1.807) is 11.3 Å². The molecule has 1 unspecified atom stereocenters. The van der Waals surface area contributed by atoms with Gasteiger partial charge in [0.1, 0.15) is 0 Å². The predicted molar refractivity (Wildman–Crippen MR) is 51.7 cm³/mol. The van der Waals surface area contributed by atoms with Crippen LogP contribution in [0.2, 0.25) is 0 Å². The van der Waals surface area contributed by atoms with Crippen molar-refractivity contribution in [1.82, 2.24) is 4.98 Å². The molecule has 0 amide bonds. The molecular weight excluding hydrogens is 170 g/mol. The Kier molecular flexibility index (Phi) is 2.02. The topological polar surface area (TPSA) is 42.2 Å². The van der Waals surface area contributed by atoms with Gasteiger partial charge in [0.15, 0.2) is 5.13 Å². The third kappa shape index (κ3) is 1.44. The first-order chi connectivity index (χ1) is 5.75. The van der Waals surface area contributed by atoms with Crippen molar-refractivity contribution in [2.24, 2.45) is 5.73 Å². The van der Waals surface area contributed by atoms with Crippen LogP contribution in [0, 0.1) is 6.92 Å². The molecule has 0 saturated carbocycles. The number of aromatic nitrogens is 1. The Bertz CT molecular complexity index is 271. The lowest BCUT2D eigenvalue weighted by Crippen LogP contribution is -2.26. The Morgan fingerprint density at radius 1 is 1.75 bits per heavy atom. The Labute approximate surface area is 76.2 Å². The zero-order valence-electron chi connectivity index (χ0n) is 7.16. The van der Waals surface area contributed by atoms with E-state index in [4.69, 9.17) is 5.73 Å². The van der Waals surface area contributed by atoms with E-state index in [1.807, 2.05) is 6.20 Å². The standard InChI is InChI=1S/C8H13N3S/c1-6-4-10-8(12-6)11-3-2-7(9)5-11/h4,7H,2-3,5,9H2,1H3. The molecule has 0 aromatic carbocycles. The van der Waals surface area contributed by atoms with Crippen LogP contribution in [-0.4, -0.2) is 24.1 Å². The third-order valence-electron chi connectivity index (χ3n) is 2.10. The van der Waals surface area contributed by atoms with E-state index >= 15 is 0 Å². The second kappa shape index (κ2) is 3.03. The van der Waals surface area contributed by atoms with Crippen molar-refractivity contribution in [3.05, 3.63) is 11.1 Å². The number of nitrogens with zero attached hydrogens (tertiary/aromatic N) is 2. The van der Waals surface area contributed by atoms with Gasteiger partial charge < -0.3 is 10.6 Å². The molecule has 0 bridgehead atoms. The largest absolute Gasteiger partial charge is 0.346 e. The van der Waals surface area contributed by atoms with Gasteiger partial charge >= 0.3 is 0 Å². The lowest BCUT2D eigenvalue weighted by atomic mass is 10.3. The van der Waals surface area contributed by atoms with Crippen LogP contribution >= 0.6 is 11.3 Å². The van der Waals surface area contributed by atoms with Gasteiger partial charge in [-0.05, 0) is 13.3 Å². The second-order valence-electron chi connectivity index (χ2n) is 3.25. The molecule has 1 saturated heterocycles. The number of rotatable bonds is 1. The molecule has 2 rings (SSSR count). The SMILES string of the molecule is Cc1cnc(N2CCC(N)C2)s1. The molecular formula is C8H13N3S. The first kappa shape index (κ1) is 8.01. The quantitative estimate of drug-likeness (QED) is 0.706. The highest BCUT2D eigenvalue weighted by Crippen LogP contribution is 2.24. The van der Waals surface area contributed by atoms with Crippen molar-refractivity contribution in [3.63, 3.8) is 0 Å². The van der Waals surface area contributed by atoms with E-state index in [2.05, 4.69) is 16.8 Å². The highest BCUT2D eigenvalue weighted by atomic mass is 32.1. The smallest absolute Gasteiger partial charge is 0.185 e. The summed E-state index contributed by atoms with van der Waals surface area (Å²) in [5, 5.41) is 1.13. The van der Waals surface area contributed by atoms with E-state index in [9.17, 15) is 0 Å². The van der Waals surface area contributed by atoms with Gasteiger partial charge in [0, 0.05) is 30.2 Å². The fourth-order valence-electron chi connectivity index (χ4n) is 1.45. The Morgan fingerprint density at radius 3 is 3.08 bits per heavy atom. The van der Waals surface area contributed by atoms with Gasteiger partial charge in [0.2, 0.25) is 0 Å². The summed E-state index contributed by atoms with van der Waals surface area (Å²) in [7, 11) is 0. The zero-order valence-corrected chi connectivity index (χ0v) is 7.97. The molecule has 1 aromatic heterocycles. The summed E-state index contributed by atoms with van der Waals surface area (Å²) in [6.45, 7) is 4.11. The van der Waals surface area contributed by atoms with Crippen LogP contribution in [0.1, 0.15) is 11.3 Å². The van der Waals surface area contributed by atoms with Gasteiger partial charge in [-0.3, -0.25) is 0 Å². The summed E-state index contributed by atoms with van der Waals surface area (Å²) < 4.78 is 0. The molecule has 1 aliphatic heterocycles. The molecule has 1 aromatic rings. The minimum absolute atomic E-state index is 0.342. The molecule has 2 heterocycles. The van der Waals surface area contributed by atoms with Gasteiger partial charge in [-0.15, -0.1) is 11.3 Å². The third-order valence-corrected chi connectivity index (χ3v) is 3.08. The van der Waals surface area contributed by atoms with Crippen molar-refractivity contribution < 1.29 is 0 Å². The fraction of sp³-hybridized carbons (Fsp3) is 0.625. The van der Waals surface area contributed by atoms with Crippen molar-refractivity contribution in [2.45, 2.75) is 19.4 Å². The average molecular weight is 183 g/mol. The maximum absolute atomic E-state index is 5.80. The number of nitrogens with two attached hydrogens (primary N) is 1. The molecule has 12 heavy (non-hydrogen) atoms.